The topological polar surface area (TPSA) is 142 Å². The number of H-pyrrole nitrogens is 1. The minimum absolute atomic E-state index is 0.0505. The van der Waals surface area contributed by atoms with Crippen molar-refractivity contribution < 1.29 is 20.1 Å². The van der Waals surface area contributed by atoms with E-state index in [9.17, 15) is 15.0 Å². The summed E-state index contributed by atoms with van der Waals surface area (Å²) in [7, 11) is 0. The molecular formula is C9H13N3O5. The first-order valence-corrected chi connectivity index (χ1v) is 5.01. The number of ether oxygens (including phenoxy) is 1. The molecule has 8 heteroatoms. The van der Waals surface area contributed by atoms with Crippen molar-refractivity contribution in [3.05, 3.63) is 22.1 Å². The maximum absolute atomic E-state index is 11.6. The lowest BCUT2D eigenvalue weighted by atomic mass is 10.0. The molecule has 2 rings (SSSR count). The summed E-state index contributed by atoms with van der Waals surface area (Å²) in [6.07, 6.45) is -3.32. The zero-order valence-corrected chi connectivity index (χ0v) is 8.78. The van der Waals surface area contributed by atoms with Crippen molar-refractivity contribution in [2.24, 2.45) is 0 Å². The highest BCUT2D eigenvalue weighted by atomic mass is 16.6. The molecule has 1 saturated heterocycles. The zero-order valence-electron chi connectivity index (χ0n) is 8.78. The van der Waals surface area contributed by atoms with Crippen LogP contribution in [0.1, 0.15) is 11.7 Å². The van der Waals surface area contributed by atoms with Gasteiger partial charge < -0.3 is 25.8 Å². The third-order valence-corrected chi connectivity index (χ3v) is 2.70. The van der Waals surface area contributed by atoms with Gasteiger partial charge in [-0.15, -0.1) is 0 Å². The van der Waals surface area contributed by atoms with Crippen molar-refractivity contribution in [2.75, 3.05) is 12.3 Å². The predicted octanol–water partition coefficient (Wildman–Crippen LogP) is -2.49. The fourth-order valence-corrected chi connectivity index (χ4v) is 1.78. The van der Waals surface area contributed by atoms with E-state index in [1.54, 1.807) is 0 Å². The third-order valence-electron chi connectivity index (χ3n) is 2.70. The van der Waals surface area contributed by atoms with Crippen LogP contribution in [0.3, 0.4) is 0 Å². The Bertz CT molecular complexity index is 462. The fraction of sp³-hybridized carbons (Fsp3) is 0.556. The van der Waals surface area contributed by atoms with Crippen LogP contribution in [0.4, 0.5) is 5.95 Å². The molecule has 1 aliphatic rings. The first-order valence-electron chi connectivity index (χ1n) is 5.01. The van der Waals surface area contributed by atoms with E-state index in [-0.39, 0.29) is 11.5 Å². The highest BCUT2D eigenvalue weighted by Gasteiger charge is 2.44. The summed E-state index contributed by atoms with van der Waals surface area (Å²) >= 11 is 0. The largest absolute Gasteiger partial charge is 0.394 e. The Kier molecular flexibility index (Phi) is 3.11. The van der Waals surface area contributed by atoms with Crippen LogP contribution in [0.15, 0.2) is 11.0 Å². The van der Waals surface area contributed by atoms with E-state index >= 15 is 0 Å². The normalized spacial score (nSPS) is 32.9. The number of nitrogen functional groups attached to an aromatic ring is 1. The number of rotatable bonds is 2. The van der Waals surface area contributed by atoms with Crippen LogP contribution in [0.25, 0.3) is 0 Å². The van der Waals surface area contributed by atoms with Gasteiger partial charge in [-0.25, -0.2) is 4.98 Å². The van der Waals surface area contributed by atoms with Gasteiger partial charge in [-0.05, 0) is 0 Å². The summed E-state index contributed by atoms with van der Waals surface area (Å²) in [5, 5.41) is 28.2. The van der Waals surface area contributed by atoms with Gasteiger partial charge in [-0.3, -0.25) is 9.78 Å². The van der Waals surface area contributed by atoms with Gasteiger partial charge in [0.05, 0.1) is 12.2 Å². The highest BCUT2D eigenvalue weighted by molar-refractivity contribution is 5.21. The average molecular weight is 243 g/mol. The van der Waals surface area contributed by atoms with Gasteiger partial charge in [0.15, 0.2) is 5.95 Å². The number of hydrogen-bond acceptors (Lipinski definition) is 7. The van der Waals surface area contributed by atoms with Gasteiger partial charge in [0.25, 0.3) is 5.56 Å². The Morgan fingerprint density at radius 3 is 2.71 bits per heavy atom. The summed E-state index contributed by atoms with van der Waals surface area (Å²) in [4.78, 5) is 17.5. The van der Waals surface area contributed by atoms with E-state index in [1.165, 1.54) is 6.20 Å². The van der Waals surface area contributed by atoms with E-state index in [2.05, 4.69) is 9.97 Å². The van der Waals surface area contributed by atoms with Gasteiger partial charge in [0, 0.05) is 6.20 Å². The monoisotopic (exact) mass is 243 g/mol. The standard InChI is InChI=1S/C9H13N3O5/c10-9-11-1-3(8(16)12-9)7-6(15)5(14)4(2-13)17-7/h1,4-7,13-15H,2H2,(H3,10,11,12,16)/t4-,5+,6+,7-/m0/s1. The molecule has 0 unspecified atom stereocenters. The molecule has 1 aromatic rings. The van der Waals surface area contributed by atoms with E-state index in [0.29, 0.717) is 0 Å². The fourth-order valence-electron chi connectivity index (χ4n) is 1.78. The van der Waals surface area contributed by atoms with Crippen LogP contribution in [-0.4, -0.2) is 50.2 Å². The molecule has 0 amide bonds. The van der Waals surface area contributed by atoms with Crippen molar-refractivity contribution in [1.82, 2.24) is 9.97 Å². The number of nitrogens with zero attached hydrogens (tertiary/aromatic N) is 1. The number of aromatic amines is 1. The number of hydrogen-bond donors (Lipinski definition) is 5. The van der Waals surface area contributed by atoms with Crippen molar-refractivity contribution >= 4 is 5.95 Å². The SMILES string of the molecule is Nc1ncc([C@@H]2O[C@@H](CO)[C@@H](O)[C@H]2O)c(=O)[nH]1. The second kappa shape index (κ2) is 4.41. The van der Waals surface area contributed by atoms with Crippen molar-refractivity contribution in [3.63, 3.8) is 0 Å². The number of aliphatic hydroxyl groups excluding tert-OH is 3. The molecule has 0 spiro atoms. The molecule has 0 aromatic carbocycles. The zero-order chi connectivity index (χ0) is 12.6. The number of nitrogens with two attached hydrogens (primary N) is 1. The summed E-state index contributed by atoms with van der Waals surface area (Å²) < 4.78 is 5.19. The third kappa shape index (κ3) is 2.03. The lowest BCUT2D eigenvalue weighted by Gasteiger charge is -2.13. The number of nitrogens with one attached hydrogen (secondary N) is 1. The minimum atomic E-state index is -1.29. The molecule has 4 atom stereocenters. The summed E-state index contributed by atoms with van der Waals surface area (Å²) in [6.45, 7) is -0.449. The maximum atomic E-state index is 11.6. The Balaban J connectivity index is 2.32. The molecule has 8 nitrogen and oxygen atoms in total. The molecule has 1 fully saturated rings. The maximum Gasteiger partial charge on any atom is 0.258 e. The molecule has 0 saturated carbocycles. The summed E-state index contributed by atoms with van der Waals surface area (Å²) in [5.74, 6) is -0.0505. The first-order chi connectivity index (χ1) is 8.04. The first kappa shape index (κ1) is 12.0. The lowest BCUT2D eigenvalue weighted by molar-refractivity contribution is -0.0232. The number of aliphatic hydroxyl groups is 3. The Hall–Kier alpha value is -1.48. The van der Waals surface area contributed by atoms with Crippen molar-refractivity contribution in [2.45, 2.75) is 24.4 Å². The second-order valence-corrected chi connectivity index (χ2v) is 3.81. The van der Waals surface area contributed by atoms with Gasteiger partial charge in [0.2, 0.25) is 0 Å². The molecule has 2 heterocycles. The minimum Gasteiger partial charge on any atom is -0.394 e. The summed E-state index contributed by atoms with van der Waals surface area (Å²) in [5.41, 5.74) is 4.79. The van der Waals surface area contributed by atoms with Crippen LogP contribution in [0.2, 0.25) is 0 Å². The number of aromatic nitrogens is 2. The molecule has 0 bridgehead atoms. The van der Waals surface area contributed by atoms with Gasteiger partial charge in [0.1, 0.15) is 24.4 Å². The van der Waals surface area contributed by atoms with Crippen LogP contribution in [0, 0.1) is 0 Å². The van der Waals surface area contributed by atoms with Crippen LogP contribution < -0.4 is 11.3 Å². The molecule has 6 N–H and O–H groups in total. The van der Waals surface area contributed by atoms with E-state index < -0.39 is 36.6 Å². The van der Waals surface area contributed by atoms with Gasteiger partial charge in [-0.2, -0.15) is 0 Å². The van der Waals surface area contributed by atoms with E-state index in [4.69, 9.17) is 15.6 Å². The van der Waals surface area contributed by atoms with E-state index in [0.717, 1.165) is 0 Å². The Morgan fingerprint density at radius 1 is 1.47 bits per heavy atom. The second-order valence-electron chi connectivity index (χ2n) is 3.81. The number of anilines is 1. The molecule has 0 radical (unpaired) electrons. The van der Waals surface area contributed by atoms with Gasteiger partial charge >= 0.3 is 0 Å². The quantitative estimate of drug-likeness (QED) is 0.386. The molecular weight excluding hydrogens is 230 g/mol. The Morgan fingerprint density at radius 2 is 2.18 bits per heavy atom. The highest BCUT2D eigenvalue weighted by Crippen LogP contribution is 2.31. The van der Waals surface area contributed by atoms with Crippen molar-refractivity contribution in [1.29, 1.82) is 0 Å². The van der Waals surface area contributed by atoms with Crippen LogP contribution in [-0.2, 0) is 4.74 Å². The molecule has 1 aromatic heterocycles. The molecule has 94 valence electrons. The smallest absolute Gasteiger partial charge is 0.258 e. The van der Waals surface area contributed by atoms with Crippen LogP contribution >= 0.6 is 0 Å². The van der Waals surface area contributed by atoms with E-state index in [1.807, 2.05) is 0 Å². The predicted molar refractivity (Wildman–Crippen MR) is 56.0 cm³/mol. The van der Waals surface area contributed by atoms with Crippen molar-refractivity contribution in [3.8, 4) is 0 Å². The Labute approximate surface area is 95.7 Å². The summed E-state index contributed by atoms with van der Waals surface area (Å²) in [6, 6.07) is 0. The molecule has 17 heavy (non-hydrogen) atoms. The van der Waals surface area contributed by atoms with Gasteiger partial charge in [-0.1, -0.05) is 0 Å². The van der Waals surface area contributed by atoms with Crippen LogP contribution in [0.5, 0.6) is 0 Å². The molecule has 0 aliphatic carbocycles. The average Bonchev–Trinajstić information content (AvgIpc) is 2.57. The molecule has 1 aliphatic heterocycles. The lowest BCUT2D eigenvalue weighted by Crippen LogP contribution is -2.33.